The minimum atomic E-state index is -4.80. The van der Waals surface area contributed by atoms with E-state index in [9.17, 15) is 21.6 Å². The van der Waals surface area contributed by atoms with Gasteiger partial charge in [0.25, 0.3) is 0 Å². The quantitative estimate of drug-likeness (QED) is 0.874. The predicted molar refractivity (Wildman–Crippen MR) is 76.9 cm³/mol. The summed E-state index contributed by atoms with van der Waals surface area (Å²) >= 11 is 0. The molecule has 0 radical (unpaired) electrons. The Bertz CT molecular complexity index is 726. The summed E-state index contributed by atoms with van der Waals surface area (Å²) in [5, 5.41) is 11.8. The number of halogens is 3. The van der Waals surface area contributed by atoms with Crippen LogP contribution < -0.4 is 10.0 Å². The molecular weight excluding hydrogens is 331 g/mol. The van der Waals surface area contributed by atoms with Crippen molar-refractivity contribution in [1.29, 1.82) is 5.26 Å². The number of nitrogens with one attached hydrogen (secondary N) is 2. The summed E-state index contributed by atoms with van der Waals surface area (Å²) in [4.78, 5) is -0.499. The molecule has 23 heavy (non-hydrogen) atoms. The van der Waals surface area contributed by atoms with Crippen molar-refractivity contribution in [3.05, 3.63) is 29.3 Å². The Hall–Kier alpha value is -1.63. The molecule has 1 heterocycles. The second-order valence-corrected chi connectivity index (χ2v) is 7.23. The first-order valence-corrected chi connectivity index (χ1v) is 8.48. The summed E-state index contributed by atoms with van der Waals surface area (Å²) in [6, 6.07) is 3.42. The van der Waals surface area contributed by atoms with E-state index in [1.807, 2.05) is 6.92 Å². The molecule has 126 valence electrons. The topological polar surface area (TPSA) is 82.0 Å². The summed E-state index contributed by atoms with van der Waals surface area (Å²) in [5.41, 5.74) is -1.86. The van der Waals surface area contributed by atoms with Crippen LogP contribution in [0.5, 0.6) is 0 Å². The molecular formula is C14H16F3N3O2S. The lowest BCUT2D eigenvalue weighted by Crippen LogP contribution is -2.50. The van der Waals surface area contributed by atoms with Gasteiger partial charge in [0.1, 0.15) is 0 Å². The van der Waals surface area contributed by atoms with Crippen molar-refractivity contribution >= 4 is 10.0 Å². The molecule has 2 rings (SSSR count). The van der Waals surface area contributed by atoms with E-state index in [-0.39, 0.29) is 5.92 Å². The molecule has 0 spiro atoms. The summed E-state index contributed by atoms with van der Waals surface area (Å²) < 4.78 is 66.0. The largest absolute Gasteiger partial charge is 0.417 e. The summed E-state index contributed by atoms with van der Waals surface area (Å²) in [6.07, 6.45) is -4.02. The van der Waals surface area contributed by atoms with Gasteiger partial charge in [-0.05, 0) is 37.1 Å². The van der Waals surface area contributed by atoms with Gasteiger partial charge in [-0.15, -0.1) is 0 Å². The van der Waals surface area contributed by atoms with E-state index in [0.717, 1.165) is 25.1 Å². The molecule has 1 aliphatic heterocycles. The van der Waals surface area contributed by atoms with Crippen LogP contribution in [0.4, 0.5) is 13.2 Å². The predicted octanol–water partition coefficient (Wildman–Crippen LogP) is 1.85. The number of rotatable bonds is 3. The molecule has 0 aromatic heterocycles. The Morgan fingerprint density at radius 2 is 2.09 bits per heavy atom. The third-order valence-corrected chi connectivity index (χ3v) is 5.35. The summed E-state index contributed by atoms with van der Waals surface area (Å²) in [7, 11) is -4.10. The molecule has 0 bridgehead atoms. The van der Waals surface area contributed by atoms with Gasteiger partial charge >= 0.3 is 6.18 Å². The van der Waals surface area contributed by atoms with Crippen LogP contribution in [0.1, 0.15) is 24.5 Å². The van der Waals surface area contributed by atoms with Gasteiger partial charge in [-0.25, -0.2) is 13.1 Å². The molecule has 2 atom stereocenters. The molecule has 1 saturated heterocycles. The second-order valence-electron chi connectivity index (χ2n) is 5.51. The molecule has 0 amide bonds. The molecule has 0 saturated carbocycles. The van der Waals surface area contributed by atoms with Gasteiger partial charge in [0.15, 0.2) is 0 Å². The maximum atomic E-state index is 12.9. The third kappa shape index (κ3) is 4.02. The zero-order valence-corrected chi connectivity index (χ0v) is 13.1. The van der Waals surface area contributed by atoms with Crippen molar-refractivity contribution in [2.24, 2.45) is 5.92 Å². The molecule has 1 fully saturated rings. The van der Waals surface area contributed by atoms with Crippen molar-refractivity contribution < 1.29 is 21.6 Å². The van der Waals surface area contributed by atoms with Gasteiger partial charge in [-0.1, -0.05) is 6.92 Å². The molecule has 2 N–H and O–H groups in total. The van der Waals surface area contributed by atoms with Crippen LogP contribution >= 0.6 is 0 Å². The van der Waals surface area contributed by atoms with Crippen LogP contribution in [0.2, 0.25) is 0 Å². The Labute approximate surface area is 132 Å². The average Bonchev–Trinajstić information content (AvgIpc) is 2.48. The Balaban J connectivity index is 2.35. The van der Waals surface area contributed by atoms with E-state index < -0.39 is 38.3 Å². The van der Waals surface area contributed by atoms with E-state index >= 15 is 0 Å². The first-order chi connectivity index (χ1) is 10.6. The van der Waals surface area contributed by atoms with Crippen molar-refractivity contribution in [3.63, 3.8) is 0 Å². The molecule has 1 aromatic carbocycles. The lowest BCUT2D eigenvalue weighted by molar-refractivity contribution is -0.137. The van der Waals surface area contributed by atoms with Gasteiger partial charge in [0.05, 0.1) is 22.1 Å². The fourth-order valence-electron chi connectivity index (χ4n) is 2.44. The molecule has 9 heteroatoms. The molecule has 2 unspecified atom stereocenters. The van der Waals surface area contributed by atoms with Crippen LogP contribution in [0, 0.1) is 17.2 Å². The molecule has 0 aliphatic carbocycles. The fraction of sp³-hybridized carbons (Fsp3) is 0.500. The normalized spacial score (nSPS) is 22.6. The van der Waals surface area contributed by atoms with Gasteiger partial charge < -0.3 is 5.32 Å². The Kier molecular flexibility index (Phi) is 4.98. The van der Waals surface area contributed by atoms with E-state index in [4.69, 9.17) is 5.26 Å². The highest BCUT2D eigenvalue weighted by Crippen LogP contribution is 2.33. The maximum Gasteiger partial charge on any atom is 0.417 e. The highest BCUT2D eigenvalue weighted by atomic mass is 32.2. The van der Waals surface area contributed by atoms with E-state index in [2.05, 4.69) is 10.0 Å². The van der Waals surface area contributed by atoms with Crippen molar-refractivity contribution in [1.82, 2.24) is 10.0 Å². The highest BCUT2D eigenvalue weighted by molar-refractivity contribution is 7.89. The number of nitriles is 1. The lowest BCUT2D eigenvalue weighted by atomic mass is 9.96. The number of alkyl halides is 3. The monoisotopic (exact) mass is 347 g/mol. The van der Waals surface area contributed by atoms with Crippen LogP contribution in [0.25, 0.3) is 0 Å². The zero-order chi connectivity index (χ0) is 17.3. The Morgan fingerprint density at radius 3 is 2.65 bits per heavy atom. The minimum Gasteiger partial charge on any atom is -0.315 e. The third-order valence-electron chi connectivity index (χ3n) is 3.86. The van der Waals surface area contributed by atoms with Gasteiger partial charge in [-0.2, -0.15) is 18.4 Å². The lowest BCUT2D eigenvalue weighted by Gasteiger charge is -2.30. The second kappa shape index (κ2) is 6.47. The number of benzene rings is 1. The van der Waals surface area contributed by atoms with Crippen molar-refractivity contribution in [2.75, 3.05) is 13.1 Å². The molecule has 1 aliphatic rings. The van der Waals surface area contributed by atoms with Crippen LogP contribution in [-0.4, -0.2) is 27.5 Å². The maximum absolute atomic E-state index is 12.9. The summed E-state index contributed by atoms with van der Waals surface area (Å²) in [6.45, 7) is 3.07. The first-order valence-electron chi connectivity index (χ1n) is 6.99. The van der Waals surface area contributed by atoms with Crippen LogP contribution in [0.15, 0.2) is 23.1 Å². The smallest absolute Gasteiger partial charge is 0.315 e. The number of piperidine rings is 1. The zero-order valence-electron chi connectivity index (χ0n) is 12.3. The number of hydrogen-bond donors (Lipinski definition) is 2. The standard InChI is InChI=1S/C14H16F3N3O2S/c1-9-4-5-19-8-13(9)20-23(21,22)11-3-2-10(7-18)12(6-11)14(15,16)17/h2-3,6,9,13,19-20H,4-5,8H2,1H3. The SMILES string of the molecule is CC1CCNCC1NS(=O)(=O)c1ccc(C#N)c(C(F)(F)F)c1. The Morgan fingerprint density at radius 1 is 1.39 bits per heavy atom. The van der Waals surface area contributed by atoms with Crippen molar-refractivity contribution in [3.8, 4) is 6.07 Å². The van der Waals surface area contributed by atoms with Crippen LogP contribution in [0.3, 0.4) is 0 Å². The van der Waals surface area contributed by atoms with Gasteiger partial charge in [-0.3, -0.25) is 0 Å². The van der Waals surface area contributed by atoms with Gasteiger partial charge in [0, 0.05) is 12.6 Å². The van der Waals surface area contributed by atoms with Gasteiger partial charge in [0.2, 0.25) is 10.0 Å². The van der Waals surface area contributed by atoms with Crippen LogP contribution in [-0.2, 0) is 16.2 Å². The van der Waals surface area contributed by atoms with Crippen molar-refractivity contribution in [2.45, 2.75) is 30.5 Å². The molecule has 5 nitrogen and oxygen atoms in total. The van der Waals surface area contributed by atoms with E-state index in [1.54, 1.807) is 0 Å². The minimum absolute atomic E-state index is 0.0755. The van der Waals surface area contributed by atoms with E-state index in [1.165, 1.54) is 6.07 Å². The highest BCUT2D eigenvalue weighted by Gasteiger charge is 2.35. The summed E-state index contributed by atoms with van der Waals surface area (Å²) in [5.74, 6) is 0.0755. The fourth-order valence-corrected chi connectivity index (χ4v) is 3.81. The number of hydrogen-bond acceptors (Lipinski definition) is 4. The average molecular weight is 347 g/mol. The number of sulfonamides is 1. The first kappa shape index (κ1) is 17.7. The van der Waals surface area contributed by atoms with E-state index in [0.29, 0.717) is 12.6 Å². The molecule has 1 aromatic rings. The number of nitrogens with zero attached hydrogens (tertiary/aromatic N) is 1.